The zero-order valence-corrected chi connectivity index (χ0v) is 14.0. The minimum Gasteiger partial charge on any atom is -1.00 e. The molecule has 4 N–H and O–H groups in total. The molecule has 0 atom stereocenters. The topological polar surface area (TPSA) is 116 Å². The van der Waals surface area contributed by atoms with Gasteiger partial charge in [-0.1, -0.05) is 0 Å². The quantitative estimate of drug-likeness (QED) is 0.173. The predicted octanol–water partition coefficient (Wildman–Crippen LogP) is -9.21. The van der Waals surface area contributed by atoms with Crippen molar-refractivity contribution in [3.05, 3.63) is 0 Å². The van der Waals surface area contributed by atoms with Crippen molar-refractivity contribution in [2.24, 2.45) is 0 Å². The fourth-order valence-corrected chi connectivity index (χ4v) is 0.830. The fraction of sp³-hybridized carbons (Fsp3) is 0. The van der Waals surface area contributed by atoms with Gasteiger partial charge in [-0.15, -0.1) is 0 Å². The average Bonchev–Trinajstić information content (AvgIpc) is 2.21. The number of halogens is 2. The molecule has 0 aromatic carbocycles. The van der Waals surface area contributed by atoms with E-state index in [-0.39, 0.29) is 34.0 Å². The van der Waals surface area contributed by atoms with E-state index in [0.29, 0.717) is 25.6 Å². The second-order valence-corrected chi connectivity index (χ2v) is 3.88. The van der Waals surface area contributed by atoms with Crippen LogP contribution in [0, 0.1) is 0 Å². The first-order chi connectivity index (χ1) is 6.83. The molecule has 0 saturated heterocycles. The first kappa shape index (κ1) is 25.2. The van der Waals surface area contributed by atoms with Gasteiger partial charge < -0.3 is 34.0 Å². The van der Waals surface area contributed by atoms with Gasteiger partial charge in [-0.2, -0.15) is 0 Å². The summed E-state index contributed by atoms with van der Waals surface area (Å²) in [6, 6.07) is 0. The van der Waals surface area contributed by atoms with Crippen LogP contribution in [0.3, 0.4) is 0 Å². The summed E-state index contributed by atoms with van der Waals surface area (Å²) in [6.07, 6.45) is 2.26. The van der Waals surface area contributed by atoms with E-state index in [2.05, 4.69) is 15.2 Å². The van der Waals surface area contributed by atoms with Crippen LogP contribution in [0.15, 0.2) is 0 Å². The Hall–Kier alpha value is 0.269. The van der Waals surface area contributed by atoms with Crippen molar-refractivity contribution in [2.75, 3.05) is 0 Å². The molecular formula is C4H8Br2N4O4Ti2. The predicted molar refractivity (Wildman–Crippen MR) is 36.8 cm³/mol. The van der Waals surface area contributed by atoms with Gasteiger partial charge in [-0.3, -0.25) is 0 Å². The normalized spacial score (nSPS) is 5.00. The maximum absolute atomic E-state index is 9.44. The van der Waals surface area contributed by atoms with Crippen LogP contribution < -0.4 is 49.2 Å². The SMILES string of the molecule is O=C[NH][Ti+][NH]C=O.O=C[NH][Ti+][NH]C=O.[Br-].[Br-]. The molecule has 0 aromatic rings. The number of rotatable bonds is 8. The summed E-state index contributed by atoms with van der Waals surface area (Å²) in [5.41, 5.74) is 0. The van der Waals surface area contributed by atoms with Crippen LogP contribution in [-0.2, 0) is 58.5 Å². The maximum Gasteiger partial charge on any atom is -1.00 e. The number of hydrogen-bond acceptors (Lipinski definition) is 4. The Morgan fingerprint density at radius 2 is 0.750 bits per heavy atom. The third kappa shape index (κ3) is 36.7. The summed E-state index contributed by atoms with van der Waals surface area (Å²) in [4.78, 5) is 37.8. The van der Waals surface area contributed by atoms with Gasteiger partial charge in [0.15, 0.2) is 0 Å². The van der Waals surface area contributed by atoms with Crippen molar-refractivity contribution in [1.29, 1.82) is 0 Å². The number of carbonyl (C=O) groups is 4. The molecule has 12 heteroatoms. The van der Waals surface area contributed by atoms with Gasteiger partial charge in [-0.25, -0.2) is 0 Å². The average molecular weight is 432 g/mol. The molecule has 16 heavy (non-hydrogen) atoms. The second kappa shape index (κ2) is 29.5. The molecule has 0 aliphatic rings. The van der Waals surface area contributed by atoms with Crippen molar-refractivity contribution in [1.82, 2.24) is 15.2 Å². The van der Waals surface area contributed by atoms with Gasteiger partial charge in [-0.05, 0) is 0 Å². The zero-order chi connectivity index (χ0) is 11.1. The van der Waals surface area contributed by atoms with Gasteiger partial charge in [0, 0.05) is 0 Å². The molecule has 8 nitrogen and oxygen atoms in total. The number of amides is 4. The minimum absolute atomic E-state index is 0. The number of carbonyl (C=O) groups excluding carboxylic acids is 4. The van der Waals surface area contributed by atoms with E-state index < -0.39 is 39.3 Å². The molecule has 0 radical (unpaired) electrons. The van der Waals surface area contributed by atoms with Crippen molar-refractivity contribution in [3.8, 4) is 0 Å². The van der Waals surface area contributed by atoms with E-state index in [1.807, 2.05) is 0 Å². The van der Waals surface area contributed by atoms with Crippen LogP contribution in [-0.4, -0.2) is 25.6 Å². The monoisotopic (exact) mass is 430 g/mol. The van der Waals surface area contributed by atoms with Crippen LogP contribution in [0.5, 0.6) is 0 Å². The van der Waals surface area contributed by atoms with E-state index >= 15 is 0 Å². The number of hydrogen-bond donors (Lipinski definition) is 4. The van der Waals surface area contributed by atoms with Crippen LogP contribution in [0.2, 0.25) is 0 Å². The molecular weight excluding hydrogens is 424 g/mol. The molecule has 0 bridgehead atoms. The standard InChI is InChI=1S/4CH3NO.2BrH.2Ti/c4*2-1-3;;;;/h4*1H,(H2,2,3);2*1H;;/q;;;;;;2*+3/p-6. The molecule has 0 aliphatic carbocycles. The largest absolute Gasteiger partial charge is 1.00 e. The second-order valence-electron chi connectivity index (χ2n) is 1.30. The van der Waals surface area contributed by atoms with Crippen LogP contribution in [0.1, 0.15) is 0 Å². The summed E-state index contributed by atoms with van der Waals surface area (Å²) in [7, 11) is 0. The van der Waals surface area contributed by atoms with Crippen molar-refractivity contribution in [2.45, 2.75) is 0 Å². The van der Waals surface area contributed by atoms with Crippen LogP contribution in [0.4, 0.5) is 0 Å². The molecule has 0 rings (SSSR count). The van der Waals surface area contributed by atoms with E-state index in [1.165, 1.54) is 0 Å². The Bertz CT molecular complexity index is 144. The molecule has 0 aliphatic heterocycles. The molecule has 90 valence electrons. The molecule has 0 saturated carbocycles. The molecule has 0 spiro atoms. The summed E-state index contributed by atoms with van der Waals surface area (Å²) in [5.74, 6) is 0. The molecule has 0 unspecified atom stereocenters. The Morgan fingerprint density at radius 1 is 0.562 bits per heavy atom. The third-order valence-electron chi connectivity index (χ3n) is 0.524. The van der Waals surface area contributed by atoms with E-state index in [9.17, 15) is 19.2 Å². The Balaban J connectivity index is -0.0000000800. The summed E-state index contributed by atoms with van der Waals surface area (Å²) in [5, 5.41) is 0. The Morgan fingerprint density at radius 3 is 0.875 bits per heavy atom. The summed E-state index contributed by atoms with van der Waals surface area (Å²) >= 11 is -1.44. The molecule has 4 amide bonds. The molecule has 0 aromatic heterocycles. The van der Waals surface area contributed by atoms with Gasteiger partial charge >= 0.3 is 99.3 Å². The maximum atomic E-state index is 9.44. The van der Waals surface area contributed by atoms with Gasteiger partial charge in [0.2, 0.25) is 0 Å². The minimum atomic E-state index is -0.722. The fourth-order valence-electron chi connectivity index (χ4n) is 0.201. The number of nitrogens with one attached hydrogen (secondary N) is 4. The van der Waals surface area contributed by atoms with Gasteiger partial charge in [0.25, 0.3) is 0 Å². The Labute approximate surface area is 132 Å². The van der Waals surface area contributed by atoms with Crippen molar-refractivity contribution in [3.63, 3.8) is 0 Å². The van der Waals surface area contributed by atoms with E-state index in [0.717, 1.165) is 0 Å². The van der Waals surface area contributed by atoms with Crippen molar-refractivity contribution < 1.29 is 92.5 Å². The van der Waals surface area contributed by atoms with Gasteiger partial charge in [0.1, 0.15) is 0 Å². The molecule has 0 heterocycles. The van der Waals surface area contributed by atoms with E-state index in [4.69, 9.17) is 0 Å². The summed E-state index contributed by atoms with van der Waals surface area (Å²) < 4.78 is 9.40. The van der Waals surface area contributed by atoms with Crippen LogP contribution >= 0.6 is 0 Å². The third-order valence-corrected chi connectivity index (χ3v) is 2.16. The smallest absolute Gasteiger partial charge is 1.00 e. The first-order valence-corrected chi connectivity index (χ1v) is 6.22. The molecule has 0 fully saturated rings. The Kier molecular flexibility index (Phi) is 46.4. The van der Waals surface area contributed by atoms with Gasteiger partial charge in [0.05, 0.1) is 0 Å². The van der Waals surface area contributed by atoms with Crippen molar-refractivity contribution >= 4 is 25.6 Å². The van der Waals surface area contributed by atoms with Crippen LogP contribution in [0.25, 0.3) is 0 Å². The first-order valence-electron chi connectivity index (χ1n) is 3.10. The summed E-state index contributed by atoms with van der Waals surface area (Å²) in [6.45, 7) is 0. The van der Waals surface area contributed by atoms with E-state index in [1.54, 1.807) is 0 Å². The zero-order valence-electron chi connectivity index (χ0n) is 7.70.